The van der Waals surface area contributed by atoms with E-state index in [1.807, 2.05) is 18.2 Å². The Morgan fingerprint density at radius 2 is 2.28 bits per heavy atom. The van der Waals surface area contributed by atoms with E-state index in [1.54, 1.807) is 23.6 Å². The van der Waals surface area contributed by atoms with Crippen LogP contribution in [0.25, 0.3) is 0 Å². The normalized spacial score (nSPS) is 12.1. The van der Waals surface area contributed by atoms with Crippen molar-refractivity contribution >= 4 is 46.0 Å². The Morgan fingerprint density at radius 1 is 1.50 bits per heavy atom. The van der Waals surface area contributed by atoms with Gasteiger partial charge < -0.3 is 11.1 Å². The molecule has 0 fully saturated rings. The number of nitrogens with zero attached hydrogens (tertiary/aromatic N) is 1. The zero-order valence-electron chi connectivity index (χ0n) is 9.68. The number of nitrogens with one attached hydrogen (secondary N) is 1. The van der Waals surface area contributed by atoms with Gasteiger partial charge in [0.1, 0.15) is 10.8 Å². The maximum absolute atomic E-state index is 5.92. The van der Waals surface area contributed by atoms with Gasteiger partial charge in [-0.05, 0) is 31.2 Å². The first-order valence-corrected chi connectivity index (χ1v) is 6.94. The minimum Gasteiger partial charge on any atom is -0.389 e. The summed E-state index contributed by atoms with van der Waals surface area (Å²) >= 11 is 12.4. The van der Waals surface area contributed by atoms with E-state index in [1.165, 1.54) is 0 Å². The Bertz CT molecular complexity index is 568. The van der Waals surface area contributed by atoms with Crippen LogP contribution in [0.3, 0.4) is 0 Å². The molecule has 1 unspecified atom stereocenters. The van der Waals surface area contributed by atoms with E-state index in [4.69, 9.17) is 29.6 Å². The van der Waals surface area contributed by atoms with Gasteiger partial charge in [0.2, 0.25) is 0 Å². The van der Waals surface area contributed by atoms with Crippen LogP contribution >= 0.6 is 35.2 Å². The first-order chi connectivity index (χ1) is 8.56. The minimum absolute atomic E-state index is 0.136. The Hall–Kier alpha value is -1.17. The molecule has 0 radical (unpaired) electrons. The zero-order valence-corrected chi connectivity index (χ0v) is 12.1. The van der Waals surface area contributed by atoms with Crippen molar-refractivity contribution in [2.75, 3.05) is 5.32 Å². The molecule has 2 heterocycles. The first kappa shape index (κ1) is 13.3. The van der Waals surface area contributed by atoms with Gasteiger partial charge in [0.05, 0.1) is 10.4 Å². The third-order valence-corrected chi connectivity index (χ3v) is 4.08. The van der Waals surface area contributed by atoms with Crippen LogP contribution in [-0.2, 0) is 0 Å². The number of halogens is 1. The van der Waals surface area contributed by atoms with Crippen LogP contribution in [0.15, 0.2) is 30.5 Å². The maximum atomic E-state index is 5.92. The average Bonchev–Trinajstić information content (AvgIpc) is 2.76. The molecule has 18 heavy (non-hydrogen) atoms. The van der Waals surface area contributed by atoms with Gasteiger partial charge in [0.15, 0.2) is 0 Å². The molecular weight excluding hydrogens is 286 g/mol. The van der Waals surface area contributed by atoms with Gasteiger partial charge in [-0.1, -0.05) is 23.8 Å². The highest BCUT2D eigenvalue weighted by molar-refractivity contribution is 7.80. The molecule has 0 spiro atoms. The molecule has 3 N–H and O–H groups in total. The van der Waals surface area contributed by atoms with Gasteiger partial charge in [-0.25, -0.2) is 4.98 Å². The molecule has 0 aliphatic carbocycles. The van der Waals surface area contributed by atoms with Crippen molar-refractivity contribution < 1.29 is 0 Å². The molecular formula is C12H12ClN3S2. The van der Waals surface area contributed by atoms with Gasteiger partial charge in [0, 0.05) is 16.6 Å². The largest absolute Gasteiger partial charge is 0.389 e. The Balaban J connectivity index is 2.14. The van der Waals surface area contributed by atoms with Crippen LogP contribution in [0.5, 0.6) is 0 Å². The average molecular weight is 298 g/mol. The van der Waals surface area contributed by atoms with Crippen molar-refractivity contribution in [1.29, 1.82) is 0 Å². The lowest BCUT2D eigenvalue weighted by atomic mass is 10.2. The quantitative estimate of drug-likeness (QED) is 0.847. The summed E-state index contributed by atoms with van der Waals surface area (Å²) < 4.78 is 0.781. The van der Waals surface area contributed by atoms with Crippen LogP contribution < -0.4 is 11.1 Å². The second-order valence-electron chi connectivity index (χ2n) is 3.80. The number of thiocarbonyl (C=S) groups is 1. The molecule has 0 saturated heterocycles. The first-order valence-electron chi connectivity index (χ1n) is 5.34. The van der Waals surface area contributed by atoms with E-state index in [0.717, 1.165) is 20.6 Å². The predicted molar refractivity (Wildman–Crippen MR) is 81.5 cm³/mol. The fraction of sp³-hybridized carbons (Fsp3) is 0.167. The Morgan fingerprint density at radius 3 is 2.89 bits per heavy atom. The van der Waals surface area contributed by atoms with Crippen LogP contribution in [0.4, 0.5) is 5.82 Å². The fourth-order valence-electron chi connectivity index (χ4n) is 1.52. The smallest absolute Gasteiger partial charge is 0.127 e. The molecule has 2 rings (SSSR count). The minimum atomic E-state index is 0.136. The third kappa shape index (κ3) is 3.19. The second kappa shape index (κ2) is 5.65. The van der Waals surface area contributed by atoms with E-state index in [9.17, 15) is 0 Å². The number of nitrogens with two attached hydrogens (primary N) is 1. The maximum Gasteiger partial charge on any atom is 0.127 e. The van der Waals surface area contributed by atoms with E-state index in [2.05, 4.69) is 17.2 Å². The molecule has 0 amide bonds. The van der Waals surface area contributed by atoms with E-state index < -0.39 is 0 Å². The number of thiophene rings is 1. The molecule has 6 heteroatoms. The lowest BCUT2D eigenvalue weighted by molar-refractivity contribution is 0.896. The van der Waals surface area contributed by atoms with E-state index >= 15 is 0 Å². The predicted octanol–water partition coefficient (Wildman–Crippen LogP) is 3.60. The molecule has 0 bridgehead atoms. The van der Waals surface area contributed by atoms with Crippen LogP contribution in [0, 0.1) is 0 Å². The second-order valence-corrected chi connectivity index (χ2v) is 5.99. The molecule has 2 aromatic rings. The molecule has 0 aliphatic rings. The van der Waals surface area contributed by atoms with E-state index in [0.29, 0.717) is 4.99 Å². The lowest BCUT2D eigenvalue weighted by Crippen LogP contribution is -2.11. The van der Waals surface area contributed by atoms with Crippen LogP contribution in [-0.4, -0.2) is 9.97 Å². The molecule has 0 aliphatic heterocycles. The fourth-order valence-corrected chi connectivity index (χ4v) is 2.71. The highest BCUT2D eigenvalue weighted by Gasteiger charge is 2.09. The summed E-state index contributed by atoms with van der Waals surface area (Å²) in [4.78, 5) is 5.76. The van der Waals surface area contributed by atoms with Crippen molar-refractivity contribution in [3.8, 4) is 0 Å². The van der Waals surface area contributed by atoms with Crippen molar-refractivity contribution in [3.05, 3.63) is 45.2 Å². The van der Waals surface area contributed by atoms with Crippen molar-refractivity contribution in [2.24, 2.45) is 5.73 Å². The summed E-state index contributed by atoms with van der Waals surface area (Å²) in [5.41, 5.74) is 6.39. The van der Waals surface area contributed by atoms with Crippen LogP contribution in [0.1, 0.15) is 23.4 Å². The number of aromatic nitrogens is 1. The summed E-state index contributed by atoms with van der Waals surface area (Å²) in [6.45, 7) is 2.05. The molecule has 3 nitrogen and oxygen atoms in total. The monoisotopic (exact) mass is 297 g/mol. The number of rotatable bonds is 4. The summed E-state index contributed by atoms with van der Waals surface area (Å²) in [5, 5.41) is 3.29. The topological polar surface area (TPSA) is 50.9 Å². The Labute approximate surface area is 120 Å². The molecule has 0 saturated carbocycles. The Kier molecular flexibility index (Phi) is 4.16. The zero-order chi connectivity index (χ0) is 13.1. The van der Waals surface area contributed by atoms with Crippen molar-refractivity contribution in [2.45, 2.75) is 13.0 Å². The summed E-state index contributed by atoms with van der Waals surface area (Å²) in [7, 11) is 0. The molecule has 1 atom stereocenters. The SMILES string of the molecule is CC(Nc1cc(C(N)=S)ccn1)c1ccc(Cl)s1. The number of pyridine rings is 1. The molecule has 94 valence electrons. The molecule has 2 aromatic heterocycles. The summed E-state index contributed by atoms with van der Waals surface area (Å²) in [6, 6.07) is 7.66. The van der Waals surface area contributed by atoms with Crippen molar-refractivity contribution in [3.63, 3.8) is 0 Å². The van der Waals surface area contributed by atoms with Gasteiger partial charge in [0.25, 0.3) is 0 Å². The number of hydrogen-bond acceptors (Lipinski definition) is 4. The summed E-state index contributed by atoms with van der Waals surface area (Å²) in [5.74, 6) is 0.748. The lowest BCUT2D eigenvalue weighted by Gasteiger charge is -2.13. The number of anilines is 1. The van der Waals surface area contributed by atoms with Crippen molar-refractivity contribution in [1.82, 2.24) is 4.98 Å². The van der Waals surface area contributed by atoms with Gasteiger partial charge in [-0.2, -0.15) is 0 Å². The highest BCUT2D eigenvalue weighted by Crippen LogP contribution is 2.28. The summed E-state index contributed by atoms with van der Waals surface area (Å²) in [6.07, 6.45) is 1.69. The van der Waals surface area contributed by atoms with E-state index in [-0.39, 0.29) is 6.04 Å². The number of hydrogen-bond donors (Lipinski definition) is 2. The van der Waals surface area contributed by atoms with Gasteiger partial charge in [-0.15, -0.1) is 11.3 Å². The van der Waals surface area contributed by atoms with Crippen LogP contribution in [0.2, 0.25) is 4.34 Å². The highest BCUT2D eigenvalue weighted by atomic mass is 35.5. The molecule has 0 aromatic carbocycles. The van der Waals surface area contributed by atoms with Gasteiger partial charge >= 0.3 is 0 Å². The standard InChI is InChI=1S/C12H12ClN3S2/c1-7(9-2-3-10(13)18-9)16-11-6-8(12(14)17)4-5-15-11/h2-7H,1H3,(H2,14,17)(H,15,16). The third-order valence-electron chi connectivity index (χ3n) is 2.43. The van der Waals surface area contributed by atoms with Gasteiger partial charge in [-0.3, -0.25) is 0 Å².